The van der Waals surface area contributed by atoms with Crippen LogP contribution in [0.25, 0.3) is 11.1 Å². The van der Waals surface area contributed by atoms with Gasteiger partial charge in [0.25, 0.3) is 10.0 Å². The molecule has 0 aliphatic carbocycles. The summed E-state index contributed by atoms with van der Waals surface area (Å²) >= 11 is 0. The van der Waals surface area contributed by atoms with Gasteiger partial charge in [0.05, 0.1) is 6.26 Å². The predicted octanol–water partition coefficient (Wildman–Crippen LogP) is 2.77. The first-order valence-electron chi connectivity index (χ1n) is 5.76. The fraction of sp³-hybridized carbons (Fsp3) is 0.231. The molecule has 0 fully saturated rings. The number of furan rings is 1. The minimum atomic E-state index is -3.75. The zero-order chi connectivity index (χ0) is 14.0. The molecule has 1 aromatic heterocycles. The van der Waals surface area contributed by atoms with Crippen molar-refractivity contribution < 1.29 is 17.2 Å². The lowest BCUT2D eigenvalue weighted by atomic mass is 10.1. The summed E-state index contributed by atoms with van der Waals surface area (Å²) in [4.78, 5) is 0. The quantitative estimate of drug-likeness (QED) is 0.938. The first-order valence-corrected chi connectivity index (χ1v) is 7.24. The highest BCUT2D eigenvalue weighted by Crippen LogP contribution is 2.28. The molecule has 1 heterocycles. The largest absolute Gasteiger partial charge is 0.451 e. The lowest BCUT2D eigenvalue weighted by Gasteiger charge is -2.09. The maximum absolute atomic E-state index is 13.2. The molecule has 2 aromatic rings. The van der Waals surface area contributed by atoms with Crippen molar-refractivity contribution in [1.29, 1.82) is 0 Å². The van der Waals surface area contributed by atoms with Crippen molar-refractivity contribution in [3.05, 3.63) is 42.4 Å². The van der Waals surface area contributed by atoms with E-state index in [-0.39, 0.29) is 11.1 Å². The molecule has 0 atom stereocenters. The third-order valence-corrected chi connectivity index (χ3v) is 3.99. The minimum absolute atomic E-state index is 0.202. The third kappa shape index (κ3) is 3.02. The van der Waals surface area contributed by atoms with Crippen molar-refractivity contribution in [3.8, 4) is 11.1 Å². The van der Waals surface area contributed by atoms with E-state index < -0.39 is 15.8 Å². The smallest absolute Gasteiger partial charge is 0.274 e. The predicted molar refractivity (Wildman–Crippen MR) is 69.6 cm³/mol. The minimum Gasteiger partial charge on any atom is -0.451 e. The lowest BCUT2D eigenvalue weighted by Crippen LogP contribution is -2.30. The van der Waals surface area contributed by atoms with Gasteiger partial charge in [0.2, 0.25) is 5.09 Å². The molecule has 0 unspecified atom stereocenters. The van der Waals surface area contributed by atoms with Gasteiger partial charge in [-0.05, 0) is 37.6 Å². The second-order valence-electron chi connectivity index (χ2n) is 4.41. The molecule has 0 spiro atoms. The van der Waals surface area contributed by atoms with Crippen LogP contribution in [0.4, 0.5) is 4.39 Å². The molecule has 0 saturated heterocycles. The molecule has 19 heavy (non-hydrogen) atoms. The molecule has 2 rings (SSSR count). The Kier molecular flexibility index (Phi) is 3.73. The van der Waals surface area contributed by atoms with E-state index >= 15 is 0 Å². The van der Waals surface area contributed by atoms with Crippen LogP contribution in [0.3, 0.4) is 0 Å². The number of hydrogen-bond acceptors (Lipinski definition) is 3. The van der Waals surface area contributed by atoms with Crippen LogP contribution in [0.15, 0.2) is 46.1 Å². The van der Waals surface area contributed by atoms with Crippen molar-refractivity contribution in [2.75, 3.05) is 0 Å². The average Bonchev–Trinajstić information content (AvgIpc) is 2.76. The monoisotopic (exact) mass is 283 g/mol. The van der Waals surface area contributed by atoms with Crippen LogP contribution in [0.2, 0.25) is 0 Å². The van der Waals surface area contributed by atoms with Crippen LogP contribution in [-0.2, 0) is 10.0 Å². The van der Waals surface area contributed by atoms with Crippen molar-refractivity contribution in [2.45, 2.75) is 25.0 Å². The lowest BCUT2D eigenvalue weighted by molar-refractivity contribution is 0.445. The van der Waals surface area contributed by atoms with Crippen LogP contribution in [0, 0.1) is 5.82 Å². The van der Waals surface area contributed by atoms with Gasteiger partial charge < -0.3 is 4.42 Å². The first-order chi connectivity index (χ1) is 8.90. The Bertz CT molecular complexity index is 677. The molecule has 0 saturated carbocycles. The topological polar surface area (TPSA) is 59.3 Å². The zero-order valence-electron chi connectivity index (χ0n) is 10.6. The van der Waals surface area contributed by atoms with Crippen molar-refractivity contribution >= 4 is 10.0 Å². The number of nitrogens with one attached hydrogen (secondary N) is 1. The summed E-state index contributed by atoms with van der Waals surface area (Å²) in [5, 5.41) is -0.202. The molecule has 0 aliphatic heterocycles. The molecular weight excluding hydrogens is 269 g/mol. The maximum Gasteiger partial charge on any atom is 0.274 e. The Morgan fingerprint density at radius 1 is 1.26 bits per heavy atom. The molecule has 1 aromatic carbocycles. The van der Waals surface area contributed by atoms with Gasteiger partial charge in [0.1, 0.15) is 5.82 Å². The Morgan fingerprint density at radius 3 is 2.63 bits per heavy atom. The van der Waals surface area contributed by atoms with E-state index in [1.54, 1.807) is 19.9 Å². The number of sulfonamides is 1. The fourth-order valence-electron chi connectivity index (χ4n) is 1.74. The zero-order valence-corrected chi connectivity index (χ0v) is 11.4. The van der Waals surface area contributed by atoms with Crippen LogP contribution >= 0.6 is 0 Å². The molecule has 102 valence electrons. The van der Waals surface area contributed by atoms with Crippen molar-refractivity contribution in [2.24, 2.45) is 0 Å². The normalized spacial score (nSPS) is 12.0. The van der Waals surface area contributed by atoms with Crippen LogP contribution < -0.4 is 4.72 Å². The highest BCUT2D eigenvalue weighted by atomic mass is 32.2. The summed E-state index contributed by atoms with van der Waals surface area (Å²) in [5.74, 6) is -0.432. The van der Waals surface area contributed by atoms with Crippen molar-refractivity contribution in [1.82, 2.24) is 4.72 Å². The van der Waals surface area contributed by atoms with E-state index in [9.17, 15) is 12.8 Å². The summed E-state index contributed by atoms with van der Waals surface area (Å²) in [7, 11) is -3.75. The second-order valence-corrected chi connectivity index (χ2v) is 6.02. The van der Waals surface area contributed by atoms with Gasteiger partial charge in [0, 0.05) is 11.6 Å². The summed E-state index contributed by atoms with van der Waals surface area (Å²) in [6, 6.07) is 6.95. The average molecular weight is 283 g/mol. The standard InChI is InChI=1S/C13H14FNO3S/c1-9(2)15-19(16,17)13-12(6-7-18-13)10-4-3-5-11(14)8-10/h3-9,15H,1-2H3. The Morgan fingerprint density at radius 2 is 2.00 bits per heavy atom. The van der Waals surface area contributed by atoms with Gasteiger partial charge in [-0.25, -0.2) is 17.5 Å². The molecule has 4 nitrogen and oxygen atoms in total. The van der Waals surface area contributed by atoms with Gasteiger partial charge in [-0.1, -0.05) is 12.1 Å². The Labute approximate surface area is 111 Å². The highest BCUT2D eigenvalue weighted by Gasteiger charge is 2.24. The molecule has 0 bridgehead atoms. The molecule has 0 radical (unpaired) electrons. The molecule has 6 heteroatoms. The molecule has 0 amide bonds. The summed E-state index contributed by atoms with van der Waals surface area (Å²) in [6.07, 6.45) is 1.27. The summed E-state index contributed by atoms with van der Waals surface area (Å²) in [6.45, 7) is 3.42. The van der Waals surface area contributed by atoms with Gasteiger partial charge >= 0.3 is 0 Å². The highest BCUT2D eigenvalue weighted by molar-refractivity contribution is 7.89. The Balaban J connectivity index is 2.49. The first kappa shape index (κ1) is 13.8. The van der Waals surface area contributed by atoms with E-state index in [4.69, 9.17) is 4.42 Å². The Hall–Kier alpha value is -1.66. The van der Waals surface area contributed by atoms with Gasteiger partial charge in [-0.2, -0.15) is 0 Å². The molecule has 0 aliphatic rings. The van der Waals surface area contributed by atoms with E-state index in [2.05, 4.69) is 4.72 Å². The number of benzene rings is 1. The van der Waals surface area contributed by atoms with E-state index in [0.717, 1.165) is 0 Å². The summed E-state index contributed by atoms with van der Waals surface area (Å²) in [5.41, 5.74) is 0.797. The summed E-state index contributed by atoms with van der Waals surface area (Å²) < 4.78 is 44.9. The molecular formula is C13H14FNO3S. The van der Waals surface area contributed by atoms with Crippen molar-refractivity contribution in [3.63, 3.8) is 0 Å². The second kappa shape index (κ2) is 5.14. The fourth-order valence-corrected chi connectivity index (χ4v) is 3.12. The van der Waals surface area contributed by atoms with Gasteiger partial charge in [-0.3, -0.25) is 0 Å². The SMILES string of the molecule is CC(C)NS(=O)(=O)c1occc1-c1cccc(F)c1. The van der Waals surface area contributed by atoms with Gasteiger partial charge in [-0.15, -0.1) is 0 Å². The van der Waals surface area contributed by atoms with Crippen LogP contribution in [-0.4, -0.2) is 14.5 Å². The van der Waals surface area contributed by atoms with Gasteiger partial charge in [0.15, 0.2) is 0 Å². The van der Waals surface area contributed by atoms with Crippen LogP contribution in [0.5, 0.6) is 0 Å². The maximum atomic E-state index is 13.2. The van der Waals surface area contributed by atoms with Crippen LogP contribution in [0.1, 0.15) is 13.8 Å². The number of rotatable bonds is 4. The molecule has 1 N–H and O–H groups in total. The number of halogens is 1. The van der Waals surface area contributed by atoms with E-state index in [1.807, 2.05) is 0 Å². The van der Waals surface area contributed by atoms with E-state index in [1.165, 1.54) is 30.5 Å². The van der Waals surface area contributed by atoms with E-state index in [0.29, 0.717) is 11.1 Å². The third-order valence-electron chi connectivity index (χ3n) is 2.40. The number of hydrogen-bond donors (Lipinski definition) is 1.